The minimum absolute atomic E-state index is 0.126. The predicted octanol–water partition coefficient (Wildman–Crippen LogP) is 1.62. The molecule has 0 aliphatic carbocycles. The molecule has 0 unspecified atom stereocenters. The van der Waals surface area contributed by atoms with Crippen molar-refractivity contribution in [2.45, 2.75) is 51.8 Å². The molecule has 1 aromatic carbocycles. The van der Waals surface area contributed by atoms with Gasteiger partial charge in [-0.3, -0.25) is 4.79 Å². The van der Waals surface area contributed by atoms with E-state index >= 15 is 0 Å². The second-order valence-corrected chi connectivity index (χ2v) is 6.48. The molecule has 0 aliphatic rings. The maximum atomic E-state index is 12.1. The Bertz CT molecular complexity index is 511. The molecule has 6 heteroatoms. The van der Waals surface area contributed by atoms with Gasteiger partial charge in [-0.15, -0.1) is 0 Å². The van der Waals surface area contributed by atoms with E-state index in [2.05, 4.69) is 10.6 Å². The highest BCUT2D eigenvalue weighted by Gasteiger charge is 2.24. The van der Waals surface area contributed by atoms with E-state index in [9.17, 15) is 14.7 Å². The Hall–Kier alpha value is -2.08. The van der Waals surface area contributed by atoms with E-state index in [1.807, 2.05) is 37.3 Å². The third kappa shape index (κ3) is 7.65. The van der Waals surface area contributed by atoms with Crippen molar-refractivity contribution in [3.05, 3.63) is 35.9 Å². The lowest BCUT2D eigenvalue weighted by Gasteiger charge is -2.23. The average molecular weight is 322 g/mol. The van der Waals surface area contributed by atoms with Crippen molar-refractivity contribution in [3.8, 4) is 0 Å². The molecule has 0 radical (unpaired) electrons. The maximum absolute atomic E-state index is 12.1. The summed E-state index contributed by atoms with van der Waals surface area (Å²) in [6.07, 6.45) is -0.0700. The Morgan fingerprint density at radius 3 is 2.30 bits per heavy atom. The summed E-state index contributed by atoms with van der Waals surface area (Å²) in [5, 5.41) is 14.5. The normalized spacial score (nSPS) is 13.8. The summed E-state index contributed by atoms with van der Waals surface area (Å²) in [7, 11) is 0. The van der Waals surface area contributed by atoms with Gasteiger partial charge < -0.3 is 20.5 Å². The lowest BCUT2D eigenvalue weighted by molar-refractivity contribution is -0.124. The van der Waals surface area contributed by atoms with Gasteiger partial charge in [0, 0.05) is 6.04 Å². The van der Waals surface area contributed by atoms with Crippen LogP contribution in [0.2, 0.25) is 0 Å². The standard InChI is InChI=1S/C17H26N2O4/c1-12(10-13-8-6-5-7-9-13)18-15(21)14(11-20)19-16(22)23-17(2,3)4/h5-9,12,14,20H,10-11H2,1-4H3,(H,18,21)(H,19,22)/t12-,14-/m0/s1. The van der Waals surface area contributed by atoms with Crippen molar-refractivity contribution in [1.29, 1.82) is 0 Å². The zero-order chi connectivity index (χ0) is 17.5. The van der Waals surface area contributed by atoms with Crippen LogP contribution in [0.1, 0.15) is 33.3 Å². The highest BCUT2D eigenvalue weighted by molar-refractivity contribution is 5.86. The highest BCUT2D eigenvalue weighted by Crippen LogP contribution is 2.07. The smallest absolute Gasteiger partial charge is 0.408 e. The average Bonchev–Trinajstić information content (AvgIpc) is 2.43. The third-order valence-electron chi connectivity index (χ3n) is 2.96. The van der Waals surface area contributed by atoms with Gasteiger partial charge in [0.05, 0.1) is 6.61 Å². The van der Waals surface area contributed by atoms with Crippen LogP contribution in [0.4, 0.5) is 4.79 Å². The van der Waals surface area contributed by atoms with Crippen molar-refractivity contribution >= 4 is 12.0 Å². The second-order valence-electron chi connectivity index (χ2n) is 6.48. The van der Waals surface area contributed by atoms with Crippen LogP contribution < -0.4 is 10.6 Å². The van der Waals surface area contributed by atoms with Crippen molar-refractivity contribution < 1.29 is 19.4 Å². The molecule has 1 rings (SSSR count). The van der Waals surface area contributed by atoms with Gasteiger partial charge in [-0.2, -0.15) is 0 Å². The van der Waals surface area contributed by atoms with Gasteiger partial charge in [-0.1, -0.05) is 30.3 Å². The van der Waals surface area contributed by atoms with Crippen LogP contribution >= 0.6 is 0 Å². The van der Waals surface area contributed by atoms with Gasteiger partial charge in [-0.25, -0.2) is 4.79 Å². The number of rotatable bonds is 6. The molecule has 0 heterocycles. The second kappa shape index (κ2) is 8.53. The van der Waals surface area contributed by atoms with Crippen LogP contribution in [-0.2, 0) is 16.0 Å². The number of hydrogen-bond donors (Lipinski definition) is 3. The van der Waals surface area contributed by atoms with Gasteiger partial charge >= 0.3 is 6.09 Å². The molecule has 128 valence electrons. The van der Waals surface area contributed by atoms with Crippen LogP contribution in [0.5, 0.6) is 0 Å². The molecule has 0 saturated carbocycles. The highest BCUT2D eigenvalue weighted by atomic mass is 16.6. The number of ether oxygens (including phenoxy) is 1. The zero-order valence-electron chi connectivity index (χ0n) is 14.1. The summed E-state index contributed by atoms with van der Waals surface area (Å²) in [5.41, 5.74) is 0.433. The number of aliphatic hydroxyl groups excluding tert-OH is 1. The van der Waals surface area contributed by atoms with Crippen LogP contribution in [0.25, 0.3) is 0 Å². The van der Waals surface area contributed by atoms with Gasteiger partial charge in [0.1, 0.15) is 11.6 Å². The van der Waals surface area contributed by atoms with Crippen LogP contribution in [0.15, 0.2) is 30.3 Å². The van der Waals surface area contributed by atoms with E-state index in [1.165, 1.54) is 0 Å². The van der Waals surface area contributed by atoms with Crippen molar-refractivity contribution in [2.75, 3.05) is 6.61 Å². The molecule has 2 amide bonds. The lowest BCUT2D eigenvalue weighted by Crippen LogP contribution is -2.52. The SMILES string of the molecule is C[C@@H](Cc1ccccc1)NC(=O)[C@H](CO)NC(=O)OC(C)(C)C. The van der Waals surface area contributed by atoms with Crippen molar-refractivity contribution in [3.63, 3.8) is 0 Å². The van der Waals surface area contributed by atoms with Crippen molar-refractivity contribution in [2.24, 2.45) is 0 Å². The Morgan fingerprint density at radius 2 is 1.78 bits per heavy atom. The van der Waals surface area contributed by atoms with Gasteiger partial charge in [0.15, 0.2) is 0 Å². The number of benzene rings is 1. The van der Waals surface area contributed by atoms with E-state index in [1.54, 1.807) is 20.8 Å². The molecular weight excluding hydrogens is 296 g/mol. The fraction of sp³-hybridized carbons (Fsp3) is 0.529. The number of amides is 2. The Morgan fingerprint density at radius 1 is 1.17 bits per heavy atom. The molecule has 0 spiro atoms. The summed E-state index contributed by atoms with van der Waals surface area (Å²) >= 11 is 0. The first-order valence-electron chi connectivity index (χ1n) is 7.66. The summed E-state index contributed by atoms with van der Waals surface area (Å²) in [6.45, 7) is 6.55. The molecule has 0 aliphatic heterocycles. The number of hydrogen-bond acceptors (Lipinski definition) is 4. The number of alkyl carbamates (subject to hydrolysis) is 1. The first kappa shape index (κ1) is 19.0. The molecule has 1 aromatic rings. The number of carbonyl (C=O) groups excluding carboxylic acids is 2. The molecule has 6 nitrogen and oxygen atoms in total. The van der Waals surface area contributed by atoms with E-state index in [-0.39, 0.29) is 6.04 Å². The van der Waals surface area contributed by atoms with Crippen LogP contribution in [0, 0.1) is 0 Å². The van der Waals surface area contributed by atoms with Gasteiger partial charge in [0.25, 0.3) is 0 Å². The summed E-state index contributed by atoms with van der Waals surface area (Å²) in [6, 6.07) is 8.59. The molecule has 2 atom stereocenters. The lowest BCUT2D eigenvalue weighted by atomic mass is 10.1. The summed E-state index contributed by atoms with van der Waals surface area (Å²) in [5.74, 6) is -0.443. The van der Waals surface area contributed by atoms with Crippen molar-refractivity contribution in [1.82, 2.24) is 10.6 Å². The maximum Gasteiger partial charge on any atom is 0.408 e. The van der Waals surface area contributed by atoms with E-state index < -0.39 is 30.3 Å². The van der Waals surface area contributed by atoms with Crippen LogP contribution in [-0.4, -0.2) is 41.4 Å². The first-order valence-corrected chi connectivity index (χ1v) is 7.66. The first-order chi connectivity index (χ1) is 10.7. The summed E-state index contributed by atoms with van der Waals surface area (Å²) in [4.78, 5) is 23.8. The molecule has 23 heavy (non-hydrogen) atoms. The molecule has 0 fully saturated rings. The number of aliphatic hydroxyl groups is 1. The third-order valence-corrected chi connectivity index (χ3v) is 2.96. The van der Waals surface area contributed by atoms with Gasteiger partial charge in [0.2, 0.25) is 5.91 Å². The fourth-order valence-electron chi connectivity index (χ4n) is 2.01. The monoisotopic (exact) mass is 322 g/mol. The molecule has 0 bridgehead atoms. The molecule has 0 saturated heterocycles. The fourth-order valence-corrected chi connectivity index (χ4v) is 2.01. The Kier molecular flexibility index (Phi) is 7.03. The molecule has 3 N–H and O–H groups in total. The topological polar surface area (TPSA) is 87.7 Å². The Labute approximate surface area is 137 Å². The minimum atomic E-state index is -1.04. The van der Waals surface area contributed by atoms with E-state index in [0.717, 1.165) is 5.56 Å². The zero-order valence-corrected chi connectivity index (χ0v) is 14.1. The predicted molar refractivity (Wildman–Crippen MR) is 88.0 cm³/mol. The van der Waals surface area contributed by atoms with E-state index in [4.69, 9.17) is 4.74 Å². The quantitative estimate of drug-likeness (QED) is 0.742. The Balaban J connectivity index is 2.51. The largest absolute Gasteiger partial charge is 0.444 e. The van der Waals surface area contributed by atoms with Gasteiger partial charge in [-0.05, 0) is 39.7 Å². The number of carbonyl (C=O) groups is 2. The number of nitrogens with one attached hydrogen (secondary N) is 2. The minimum Gasteiger partial charge on any atom is -0.444 e. The van der Waals surface area contributed by atoms with Crippen LogP contribution in [0.3, 0.4) is 0 Å². The molecular formula is C17H26N2O4. The van der Waals surface area contributed by atoms with E-state index in [0.29, 0.717) is 6.42 Å². The summed E-state index contributed by atoms with van der Waals surface area (Å²) < 4.78 is 5.08. The molecule has 0 aromatic heterocycles.